The van der Waals surface area contributed by atoms with E-state index in [1.54, 1.807) is 6.20 Å². The maximum absolute atomic E-state index is 11.0. The topological polar surface area (TPSA) is 36.4 Å². The van der Waals surface area contributed by atoms with Crippen molar-refractivity contribution in [1.82, 2.24) is 9.88 Å². The van der Waals surface area contributed by atoms with Crippen molar-refractivity contribution in [3.8, 4) is 0 Å². The first-order valence-corrected chi connectivity index (χ1v) is 6.77. The van der Waals surface area contributed by atoms with Gasteiger partial charge in [0.15, 0.2) is 6.29 Å². The summed E-state index contributed by atoms with van der Waals surface area (Å²) in [7, 11) is 0. The zero-order valence-corrected chi connectivity index (χ0v) is 10.6. The molecule has 4 heteroatoms. The predicted octanol–water partition coefficient (Wildman–Crippen LogP) is 1.57. The molecule has 4 nitrogen and oxygen atoms in total. The molecule has 0 amide bonds. The lowest BCUT2D eigenvalue weighted by molar-refractivity contribution is 0.112. The SMILES string of the molecule is O=Cc1cccnc1N1CCC(N2CCCC2)C1. The normalized spacial score (nSPS) is 24.7. The highest BCUT2D eigenvalue weighted by Gasteiger charge is 2.30. The second-order valence-corrected chi connectivity index (χ2v) is 5.17. The van der Waals surface area contributed by atoms with Crippen LogP contribution in [0, 0.1) is 0 Å². The molecule has 96 valence electrons. The molecular weight excluding hydrogens is 226 g/mol. The van der Waals surface area contributed by atoms with Crippen LogP contribution in [0.25, 0.3) is 0 Å². The van der Waals surface area contributed by atoms with Gasteiger partial charge < -0.3 is 4.90 Å². The number of rotatable bonds is 3. The van der Waals surface area contributed by atoms with Crippen LogP contribution in [0.15, 0.2) is 18.3 Å². The van der Waals surface area contributed by atoms with E-state index < -0.39 is 0 Å². The molecule has 2 aliphatic rings. The molecule has 0 spiro atoms. The average Bonchev–Trinajstić information content (AvgIpc) is 3.09. The van der Waals surface area contributed by atoms with Crippen LogP contribution < -0.4 is 4.90 Å². The minimum atomic E-state index is 0.647. The fourth-order valence-electron chi connectivity index (χ4n) is 3.10. The minimum Gasteiger partial charge on any atom is -0.354 e. The zero-order chi connectivity index (χ0) is 12.4. The summed E-state index contributed by atoms with van der Waals surface area (Å²) in [6, 6.07) is 4.31. The summed E-state index contributed by atoms with van der Waals surface area (Å²) >= 11 is 0. The lowest BCUT2D eigenvalue weighted by Crippen LogP contribution is -2.35. The van der Waals surface area contributed by atoms with Crippen LogP contribution in [-0.4, -0.2) is 48.4 Å². The molecular formula is C14H19N3O. The molecule has 2 fully saturated rings. The Kier molecular flexibility index (Phi) is 3.28. The van der Waals surface area contributed by atoms with Crippen molar-refractivity contribution < 1.29 is 4.79 Å². The Morgan fingerprint density at radius 1 is 1.28 bits per heavy atom. The Balaban J connectivity index is 1.72. The summed E-state index contributed by atoms with van der Waals surface area (Å²) < 4.78 is 0. The van der Waals surface area contributed by atoms with Gasteiger partial charge in [0.05, 0.1) is 5.56 Å². The molecule has 3 rings (SSSR count). The van der Waals surface area contributed by atoms with Crippen LogP contribution in [-0.2, 0) is 0 Å². The number of carbonyl (C=O) groups excluding carboxylic acids is 1. The fraction of sp³-hybridized carbons (Fsp3) is 0.571. The van der Waals surface area contributed by atoms with Gasteiger partial charge in [-0.1, -0.05) is 0 Å². The molecule has 0 aliphatic carbocycles. The van der Waals surface area contributed by atoms with E-state index in [-0.39, 0.29) is 0 Å². The van der Waals surface area contributed by atoms with Crippen molar-refractivity contribution in [2.75, 3.05) is 31.1 Å². The average molecular weight is 245 g/mol. The number of carbonyl (C=O) groups is 1. The molecule has 0 aromatic carbocycles. The van der Waals surface area contributed by atoms with Crippen LogP contribution in [0.4, 0.5) is 5.82 Å². The Hall–Kier alpha value is -1.42. The van der Waals surface area contributed by atoms with E-state index >= 15 is 0 Å². The first-order chi connectivity index (χ1) is 8.88. The van der Waals surface area contributed by atoms with Crippen LogP contribution in [0.3, 0.4) is 0 Å². The minimum absolute atomic E-state index is 0.647. The van der Waals surface area contributed by atoms with Crippen LogP contribution in [0.5, 0.6) is 0 Å². The lowest BCUT2D eigenvalue weighted by atomic mass is 10.2. The number of likely N-dealkylation sites (tertiary alicyclic amines) is 1. The maximum atomic E-state index is 11.0. The van der Waals surface area contributed by atoms with Gasteiger partial charge in [-0.25, -0.2) is 4.98 Å². The molecule has 3 heterocycles. The maximum Gasteiger partial charge on any atom is 0.153 e. The summed E-state index contributed by atoms with van der Waals surface area (Å²) in [5.41, 5.74) is 0.708. The molecule has 1 atom stereocenters. The lowest BCUT2D eigenvalue weighted by Gasteiger charge is -2.24. The van der Waals surface area contributed by atoms with E-state index in [2.05, 4.69) is 14.8 Å². The first-order valence-electron chi connectivity index (χ1n) is 6.77. The number of aldehydes is 1. The summed E-state index contributed by atoms with van der Waals surface area (Å²) in [6.45, 7) is 4.50. The molecule has 1 aromatic heterocycles. The number of hydrogen-bond acceptors (Lipinski definition) is 4. The van der Waals surface area contributed by atoms with Crippen molar-refractivity contribution in [3.63, 3.8) is 0 Å². The number of pyridine rings is 1. The van der Waals surface area contributed by atoms with Gasteiger partial charge in [-0.2, -0.15) is 0 Å². The third-order valence-electron chi connectivity index (χ3n) is 4.06. The molecule has 2 saturated heterocycles. The summed E-state index contributed by atoms with van der Waals surface area (Å²) in [6.07, 6.45) is 6.53. The number of nitrogens with zero attached hydrogens (tertiary/aromatic N) is 3. The largest absolute Gasteiger partial charge is 0.354 e. The highest BCUT2D eigenvalue weighted by molar-refractivity contribution is 5.82. The Bertz CT molecular complexity index is 429. The second kappa shape index (κ2) is 5.06. The van der Waals surface area contributed by atoms with Crippen molar-refractivity contribution >= 4 is 12.1 Å². The molecule has 0 N–H and O–H groups in total. The third kappa shape index (κ3) is 2.12. The Morgan fingerprint density at radius 2 is 2.11 bits per heavy atom. The van der Waals surface area contributed by atoms with Gasteiger partial charge in [-0.05, 0) is 44.5 Å². The molecule has 0 radical (unpaired) electrons. The predicted molar refractivity (Wildman–Crippen MR) is 71.0 cm³/mol. The van der Waals surface area contributed by atoms with E-state index in [4.69, 9.17) is 0 Å². The van der Waals surface area contributed by atoms with Crippen molar-refractivity contribution in [3.05, 3.63) is 23.9 Å². The quantitative estimate of drug-likeness (QED) is 0.757. The smallest absolute Gasteiger partial charge is 0.153 e. The van der Waals surface area contributed by atoms with Crippen LogP contribution >= 0.6 is 0 Å². The number of aromatic nitrogens is 1. The Labute approximate surface area is 108 Å². The van der Waals surface area contributed by atoms with Crippen molar-refractivity contribution in [2.24, 2.45) is 0 Å². The van der Waals surface area contributed by atoms with Gasteiger partial charge in [0.1, 0.15) is 5.82 Å². The molecule has 1 unspecified atom stereocenters. The zero-order valence-electron chi connectivity index (χ0n) is 10.6. The molecule has 18 heavy (non-hydrogen) atoms. The van der Waals surface area contributed by atoms with E-state index in [0.29, 0.717) is 11.6 Å². The molecule has 1 aromatic rings. The first kappa shape index (κ1) is 11.7. The van der Waals surface area contributed by atoms with E-state index in [9.17, 15) is 4.79 Å². The monoisotopic (exact) mass is 245 g/mol. The Morgan fingerprint density at radius 3 is 2.89 bits per heavy atom. The highest BCUT2D eigenvalue weighted by Crippen LogP contribution is 2.25. The van der Waals surface area contributed by atoms with Crippen LogP contribution in [0.2, 0.25) is 0 Å². The molecule has 0 saturated carbocycles. The standard InChI is InChI=1S/C14H19N3O/c18-11-12-4-3-6-15-14(12)17-9-5-13(10-17)16-7-1-2-8-16/h3-4,6,11,13H,1-2,5,7-10H2. The molecule has 0 bridgehead atoms. The number of anilines is 1. The summed E-state index contributed by atoms with van der Waals surface area (Å²) in [4.78, 5) is 20.3. The van der Waals surface area contributed by atoms with E-state index in [0.717, 1.165) is 25.2 Å². The summed E-state index contributed by atoms with van der Waals surface area (Å²) in [5, 5.41) is 0. The van der Waals surface area contributed by atoms with Gasteiger partial charge in [-0.15, -0.1) is 0 Å². The highest BCUT2D eigenvalue weighted by atomic mass is 16.1. The molecule has 2 aliphatic heterocycles. The summed E-state index contributed by atoms with van der Waals surface area (Å²) in [5.74, 6) is 0.856. The van der Waals surface area contributed by atoms with Gasteiger partial charge in [0, 0.05) is 25.3 Å². The van der Waals surface area contributed by atoms with Gasteiger partial charge in [0.2, 0.25) is 0 Å². The fourth-order valence-corrected chi connectivity index (χ4v) is 3.10. The second-order valence-electron chi connectivity index (χ2n) is 5.17. The van der Waals surface area contributed by atoms with Crippen LogP contribution in [0.1, 0.15) is 29.6 Å². The van der Waals surface area contributed by atoms with Crippen molar-refractivity contribution in [2.45, 2.75) is 25.3 Å². The third-order valence-corrected chi connectivity index (χ3v) is 4.06. The van der Waals surface area contributed by atoms with E-state index in [1.807, 2.05) is 12.1 Å². The van der Waals surface area contributed by atoms with E-state index in [1.165, 1.54) is 32.4 Å². The van der Waals surface area contributed by atoms with Crippen molar-refractivity contribution in [1.29, 1.82) is 0 Å². The number of hydrogen-bond donors (Lipinski definition) is 0. The van der Waals surface area contributed by atoms with Gasteiger partial charge in [-0.3, -0.25) is 9.69 Å². The van der Waals surface area contributed by atoms with Gasteiger partial charge in [0.25, 0.3) is 0 Å². The van der Waals surface area contributed by atoms with Gasteiger partial charge >= 0.3 is 0 Å².